The average Bonchev–Trinajstić information content (AvgIpc) is 2.86. The van der Waals surface area contributed by atoms with Crippen LogP contribution in [-0.4, -0.2) is 29.5 Å². The molecule has 1 aliphatic rings. The van der Waals surface area contributed by atoms with Crippen LogP contribution in [0.5, 0.6) is 0 Å². The van der Waals surface area contributed by atoms with E-state index in [1.165, 1.54) is 0 Å². The van der Waals surface area contributed by atoms with Gasteiger partial charge in [-0.1, -0.05) is 0 Å². The van der Waals surface area contributed by atoms with Gasteiger partial charge in [-0.2, -0.15) is 0 Å². The van der Waals surface area contributed by atoms with Gasteiger partial charge in [0, 0.05) is 12.5 Å². The second kappa shape index (κ2) is 4.12. The molecule has 1 amide bonds. The number of nitrogens with one attached hydrogen (secondary N) is 1. The number of carboxylic acids is 1. The first-order chi connectivity index (χ1) is 6.86. The van der Waals surface area contributed by atoms with Crippen molar-refractivity contribution >= 4 is 11.9 Å². The highest BCUT2D eigenvalue weighted by Crippen LogP contribution is 2.28. The lowest BCUT2D eigenvalue weighted by Gasteiger charge is -2.23. The summed E-state index contributed by atoms with van der Waals surface area (Å²) < 4.78 is 24.3. The van der Waals surface area contributed by atoms with Crippen LogP contribution >= 0.6 is 0 Å². The first kappa shape index (κ1) is 11.9. The third kappa shape index (κ3) is 2.87. The lowest BCUT2D eigenvalue weighted by Crippen LogP contribution is -2.46. The lowest BCUT2D eigenvalue weighted by atomic mass is 9.86. The summed E-state index contributed by atoms with van der Waals surface area (Å²) in [6, 6.07) is -0.0335. The quantitative estimate of drug-likeness (QED) is 0.681. The van der Waals surface area contributed by atoms with Gasteiger partial charge in [0.05, 0.1) is 0 Å². The number of rotatable bonds is 5. The largest absolute Gasteiger partial charge is 0.480 e. The summed E-state index contributed by atoms with van der Waals surface area (Å²) in [5, 5.41) is 11.2. The second-order valence-corrected chi connectivity index (χ2v) is 3.98. The highest BCUT2D eigenvalue weighted by Gasteiger charge is 2.45. The van der Waals surface area contributed by atoms with Gasteiger partial charge in [-0.15, -0.1) is 0 Å². The lowest BCUT2D eigenvalue weighted by molar-refractivity contribution is -0.157. The molecule has 0 saturated heterocycles. The molecule has 1 rings (SSSR count). The van der Waals surface area contributed by atoms with Gasteiger partial charge >= 0.3 is 5.97 Å². The van der Waals surface area contributed by atoms with Crippen molar-refractivity contribution in [2.24, 2.45) is 5.41 Å². The Morgan fingerprint density at radius 3 is 2.40 bits per heavy atom. The first-order valence-corrected chi connectivity index (χ1v) is 4.69. The van der Waals surface area contributed by atoms with Crippen molar-refractivity contribution in [3.05, 3.63) is 0 Å². The van der Waals surface area contributed by atoms with Crippen LogP contribution in [0, 0.1) is 5.41 Å². The Hall–Kier alpha value is -1.20. The number of carbonyl (C=O) groups is 2. The molecule has 0 bridgehead atoms. The molecule has 0 spiro atoms. The van der Waals surface area contributed by atoms with E-state index in [4.69, 9.17) is 5.11 Å². The van der Waals surface area contributed by atoms with E-state index in [1.54, 1.807) is 0 Å². The minimum atomic E-state index is -2.81. The maximum Gasteiger partial charge on any atom is 0.319 e. The number of halogens is 2. The number of carboxylic acid groups (broad SMARTS) is 1. The molecule has 1 unspecified atom stereocenters. The minimum absolute atomic E-state index is 0.0335. The van der Waals surface area contributed by atoms with Crippen molar-refractivity contribution in [3.63, 3.8) is 0 Å². The molecule has 0 aromatic heterocycles. The molecule has 2 N–H and O–H groups in total. The van der Waals surface area contributed by atoms with E-state index in [0.717, 1.165) is 19.8 Å². The summed E-state index contributed by atoms with van der Waals surface area (Å²) in [6.07, 6.45) is -2.19. The van der Waals surface area contributed by atoms with Crippen LogP contribution < -0.4 is 5.32 Å². The summed E-state index contributed by atoms with van der Waals surface area (Å²) in [7, 11) is 0. The number of hydrogen-bond acceptors (Lipinski definition) is 2. The molecular formula is C9H13F2NO3. The van der Waals surface area contributed by atoms with Crippen molar-refractivity contribution in [1.29, 1.82) is 0 Å². The van der Waals surface area contributed by atoms with Gasteiger partial charge in [0.1, 0.15) is 5.41 Å². The molecule has 15 heavy (non-hydrogen) atoms. The van der Waals surface area contributed by atoms with E-state index in [9.17, 15) is 18.4 Å². The standard InChI is InChI=1S/C9H13F2NO3/c1-9(8(14)15,4-6(10)11)7(13)12-5-2-3-5/h5-6H,2-4H2,1H3,(H,12,13)(H,14,15). The topological polar surface area (TPSA) is 66.4 Å². The van der Waals surface area contributed by atoms with Gasteiger partial charge in [0.25, 0.3) is 0 Å². The molecule has 1 aliphatic carbocycles. The van der Waals surface area contributed by atoms with Crippen molar-refractivity contribution in [2.45, 2.75) is 38.7 Å². The first-order valence-electron chi connectivity index (χ1n) is 4.69. The smallest absolute Gasteiger partial charge is 0.319 e. The van der Waals surface area contributed by atoms with E-state index in [0.29, 0.717) is 0 Å². The molecule has 1 saturated carbocycles. The van der Waals surface area contributed by atoms with E-state index in [-0.39, 0.29) is 6.04 Å². The molecule has 1 atom stereocenters. The maximum absolute atomic E-state index is 12.2. The summed E-state index contributed by atoms with van der Waals surface area (Å²) in [5.41, 5.74) is -2.03. The van der Waals surface area contributed by atoms with Crippen LogP contribution in [0.4, 0.5) is 8.78 Å². The number of aliphatic carboxylic acids is 1. The fourth-order valence-electron chi connectivity index (χ4n) is 1.16. The number of hydrogen-bond donors (Lipinski definition) is 2. The summed E-state index contributed by atoms with van der Waals surface area (Å²) in [5.74, 6) is -2.33. The summed E-state index contributed by atoms with van der Waals surface area (Å²) in [6.45, 7) is 1.03. The van der Waals surface area contributed by atoms with Crippen LogP contribution in [-0.2, 0) is 9.59 Å². The van der Waals surface area contributed by atoms with Gasteiger partial charge < -0.3 is 10.4 Å². The number of carbonyl (C=O) groups excluding carboxylic acids is 1. The van der Waals surface area contributed by atoms with Crippen molar-refractivity contribution in [3.8, 4) is 0 Å². The van der Waals surface area contributed by atoms with Gasteiger partial charge in [0.15, 0.2) is 0 Å². The monoisotopic (exact) mass is 221 g/mol. The zero-order chi connectivity index (χ0) is 11.6. The van der Waals surface area contributed by atoms with Crippen LogP contribution in [0.15, 0.2) is 0 Å². The van der Waals surface area contributed by atoms with E-state index in [1.807, 2.05) is 0 Å². The fraction of sp³-hybridized carbons (Fsp3) is 0.778. The van der Waals surface area contributed by atoms with E-state index >= 15 is 0 Å². The summed E-state index contributed by atoms with van der Waals surface area (Å²) in [4.78, 5) is 22.3. The van der Waals surface area contributed by atoms with Gasteiger partial charge in [-0.05, 0) is 19.8 Å². The number of alkyl halides is 2. The molecule has 6 heteroatoms. The summed E-state index contributed by atoms with van der Waals surface area (Å²) >= 11 is 0. The van der Waals surface area contributed by atoms with Gasteiger partial charge in [0.2, 0.25) is 12.3 Å². The van der Waals surface area contributed by atoms with Crippen LogP contribution in [0.25, 0.3) is 0 Å². The van der Waals surface area contributed by atoms with Crippen molar-refractivity contribution < 1.29 is 23.5 Å². The van der Waals surface area contributed by atoms with Crippen molar-refractivity contribution in [1.82, 2.24) is 5.32 Å². The Balaban J connectivity index is 2.69. The fourth-order valence-corrected chi connectivity index (χ4v) is 1.16. The second-order valence-electron chi connectivity index (χ2n) is 3.98. The predicted molar refractivity (Wildman–Crippen MR) is 47.5 cm³/mol. The van der Waals surface area contributed by atoms with Crippen LogP contribution in [0.2, 0.25) is 0 Å². The van der Waals surface area contributed by atoms with Gasteiger partial charge in [-0.3, -0.25) is 9.59 Å². The third-order valence-electron chi connectivity index (χ3n) is 2.45. The molecule has 0 aromatic carbocycles. The predicted octanol–water partition coefficient (Wildman–Crippen LogP) is 1.01. The maximum atomic E-state index is 12.2. The zero-order valence-electron chi connectivity index (χ0n) is 8.30. The molecule has 86 valence electrons. The Morgan fingerprint density at radius 2 is 2.07 bits per heavy atom. The van der Waals surface area contributed by atoms with Gasteiger partial charge in [-0.25, -0.2) is 8.78 Å². The molecular weight excluding hydrogens is 208 g/mol. The highest BCUT2D eigenvalue weighted by molar-refractivity contribution is 6.01. The normalized spacial score (nSPS) is 19.7. The SMILES string of the molecule is CC(CC(F)F)(C(=O)O)C(=O)NC1CC1. The molecule has 0 aromatic rings. The van der Waals surface area contributed by atoms with Crippen molar-refractivity contribution in [2.75, 3.05) is 0 Å². The molecule has 1 fully saturated rings. The Kier molecular flexibility index (Phi) is 3.26. The molecule has 0 radical (unpaired) electrons. The Labute approximate surface area is 85.7 Å². The third-order valence-corrected chi connectivity index (χ3v) is 2.45. The van der Waals surface area contributed by atoms with Crippen LogP contribution in [0.3, 0.4) is 0 Å². The zero-order valence-corrected chi connectivity index (χ0v) is 8.30. The highest BCUT2D eigenvalue weighted by atomic mass is 19.3. The van der Waals surface area contributed by atoms with E-state index < -0.39 is 30.1 Å². The Bertz CT molecular complexity index is 279. The molecule has 0 heterocycles. The molecule has 4 nitrogen and oxygen atoms in total. The minimum Gasteiger partial charge on any atom is -0.480 e. The number of amides is 1. The van der Waals surface area contributed by atoms with E-state index in [2.05, 4.69) is 5.32 Å². The average molecular weight is 221 g/mol. The van der Waals surface area contributed by atoms with Crippen LogP contribution in [0.1, 0.15) is 26.2 Å². The Morgan fingerprint density at radius 1 is 1.53 bits per heavy atom. The molecule has 0 aliphatic heterocycles.